The van der Waals surface area contributed by atoms with E-state index in [1.165, 1.54) is 40.9 Å². The number of phenolic OH excluding ortho intramolecular Hbond substituents is 2. The van der Waals surface area contributed by atoms with Crippen LogP contribution in [0, 0.1) is 0 Å². The highest BCUT2D eigenvalue weighted by molar-refractivity contribution is 7.98. The van der Waals surface area contributed by atoms with Crippen LogP contribution in [0.25, 0.3) is 0 Å². The zero-order valence-corrected chi connectivity index (χ0v) is 34.7. The van der Waals surface area contributed by atoms with Crippen molar-refractivity contribution in [3.8, 4) is 11.5 Å². The molecule has 0 radical (unpaired) electrons. The number of carbonyl (C=O) groups excluding carboxylic acids is 5. The molecule has 3 rings (SSSR count). The lowest BCUT2D eigenvalue weighted by Gasteiger charge is -2.31. The van der Waals surface area contributed by atoms with Gasteiger partial charge in [0.25, 0.3) is 0 Å². The number of nitrogens with two attached hydrogens (primary N) is 4. The molecule has 60 heavy (non-hydrogen) atoms. The van der Waals surface area contributed by atoms with Crippen LogP contribution in [-0.2, 0) is 41.6 Å². The second-order valence-corrected chi connectivity index (χ2v) is 15.6. The summed E-state index contributed by atoms with van der Waals surface area (Å²) in [6, 6.07) is 5.12. The van der Waals surface area contributed by atoms with Gasteiger partial charge in [-0.15, -0.1) is 0 Å². The summed E-state index contributed by atoms with van der Waals surface area (Å²) in [4.78, 5) is 86.6. The Morgan fingerprint density at radius 3 is 1.90 bits per heavy atom. The Morgan fingerprint density at radius 1 is 0.767 bits per heavy atom. The molecule has 2 aromatic carbocycles. The van der Waals surface area contributed by atoms with Crippen LogP contribution < -0.4 is 44.2 Å². The quantitative estimate of drug-likeness (QED) is 0.0330. The number of benzene rings is 2. The molecule has 1 aliphatic rings. The molecular formula is C40H60N10O9S. The molecule has 5 amide bonds. The Hall–Kier alpha value is -5.60. The molecule has 15 N–H and O–H groups in total. The van der Waals surface area contributed by atoms with Gasteiger partial charge in [0.15, 0.2) is 5.96 Å². The third-order valence-electron chi connectivity index (χ3n) is 9.95. The number of unbranched alkanes of at least 4 members (excludes halogenated alkanes) is 1. The van der Waals surface area contributed by atoms with E-state index < -0.39 is 71.8 Å². The predicted molar refractivity (Wildman–Crippen MR) is 228 cm³/mol. The van der Waals surface area contributed by atoms with Crippen LogP contribution in [0.5, 0.6) is 11.5 Å². The van der Waals surface area contributed by atoms with E-state index in [-0.39, 0.29) is 69.1 Å². The van der Waals surface area contributed by atoms with Crippen LogP contribution in [0.1, 0.15) is 62.5 Å². The van der Waals surface area contributed by atoms with Crippen LogP contribution in [0.15, 0.2) is 53.5 Å². The van der Waals surface area contributed by atoms with Crippen molar-refractivity contribution in [2.45, 2.75) is 100 Å². The average molecular weight is 857 g/mol. The normalized spacial score (nSPS) is 16.1. The van der Waals surface area contributed by atoms with Gasteiger partial charge in [0.2, 0.25) is 29.5 Å². The number of nitrogens with one attached hydrogen (secondary N) is 4. The number of phenols is 2. The molecule has 0 spiro atoms. The summed E-state index contributed by atoms with van der Waals surface area (Å²) in [5.74, 6) is -4.15. The van der Waals surface area contributed by atoms with Crippen molar-refractivity contribution in [1.82, 2.24) is 26.2 Å². The lowest BCUT2D eigenvalue weighted by molar-refractivity contribution is -0.145. The van der Waals surface area contributed by atoms with E-state index >= 15 is 0 Å². The summed E-state index contributed by atoms with van der Waals surface area (Å²) in [5.41, 5.74) is 23.7. The Bertz CT molecular complexity index is 1760. The molecule has 0 saturated carbocycles. The first-order valence-corrected chi connectivity index (χ1v) is 21.3. The SMILES string of the molecule is CSCC[C@H](NC(=O)[C@@H]1CCCN1C(=O)[C@H](Cc1ccc(O)cc1)NC(=O)[C@H](Cc1ccc(O)cc1)NC(=O)[C@H](CCCCN)NC(=O)[C@@H](N)CCCN=C(N)N)C(=O)O. The average Bonchev–Trinajstić information content (AvgIpc) is 3.71. The van der Waals surface area contributed by atoms with Crippen molar-refractivity contribution < 1.29 is 44.1 Å². The van der Waals surface area contributed by atoms with Crippen molar-refractivity contribution in [3.05, 3.63) is 59.7 Å². The molecule has 19 nitrogen and oxygen atoms in total. The number of rotatable bonds is 25. The number of guanidine groups is 1. The van der Waals surface area contributed by atoms with Crippen molar-refractivity contribution >= 4 is 53.2 Å². The largest absolute Gasteiger partial charge is 0.508 e. The summed E-state index contributed by atoms with van der Waals surface area (Å²) in [5, 5.41) is 40.4. The highest BCUT2D eigenvalue weighted by Gasteiger charge is 2.40. The summed E-state index contributed by atoms with van der Waals surface area (Å²) >= 11 is 1.43. The van der Waals surface area contributed by atoms with Crippen molar-refractivity contribution in [2.24, 2.45) is 27.9 Å². The third kappa shape index (κ3) is 16.2. The second kappa shape index (κ2) is 25.1. The highest BCUT2D eigenvalue weighted by Crippen LogP contribution is 2.22. The van der Waals surface area contributed by atoms with Gasteiger partial charge >= 0.3 is 5.97 Å². The van der Waals surface area contributed by atoms with E-state index in [4.69, 9.17) is 22.9 Å². The number of carboxylic acid groups (broad SMARTS) is 1. The van der Waals surface area contributed by atoms with Gasteiger partial charge < -0.3 is 64.4 Å². The topological polar surface area (TPSA) is 331 Å². The van der Waals surface area contributed by atoms with E-state index in [0.29, 0.717) is 49.1 Å². The maximum Gasteiger partial charge on any atom is 0.326 e. The van der Waals surface area contributed by atoms with Gasteiger partial charge in [-0.3, -0.25) is 29.0 Å². The van der Waals surface area contributed by atoms with Crippen LogP contribution in [0.4, 0.5) is 0 Å². The van der Waals surface area contributed by atoms with Gasteiger partial charge in [0.1, 0.15) is 41.7 Å². The first kappa shape index (κ1) is 48.8. The highest BCUT2D eigenvalue weighted by atomic mass is 32.2. The Kier molecular flexibility index (Phi) is 20.4. The first-order chi connectivity index (χ1) is 28.6. The molecular weight excluding hydrogens is 797 g/mol. The number of aliphatic imine (C=N–C) groups is 1. The second-order valence-electron chi connectivity index (χ2n) is 14.6. The fourth-order valence-electron chi connectivity index (χ4n) is 6.64. The molecule has 0 aromatic heterocycles. The minimum Gasteiger partial charge on any atom is -0.508 e. The Morgan fingerprint density at radius 2 is 1.33 bits per heavy atom. The lowest BCUT2D eigenvalue weighted by atomic mass is 10.0. The standard InChI is InChI=1S/C40H60N10O9S/c1-60-21-17-30(39(58)59)47-37(56)33-8-5-20-50(33)38(57)32(23-25-11-15-27(52)16-12-25)49-36(55)31(22-24-9-13-26(51)14-10-24)48-35(54)29(7-2-3-18-41)46-34(53)28(42)6-4-19-45-40(43)44/h9-16,28-33,51-52H,2-8,17-23,41-42H2,1H3,(H,46,53)(H,47,56)(H,48,54)(H,49,55)(H,58,59)(H4,43,44,45)/t28-,29-,30-,31-,32-,33-/m0/s1. The zero-order chi connectivity index (χ0) is 44.2. The number of thioether (sulfide) groups is 1. The van der Waals surface area contributed by atoms with Gasteiger partial charge in [0, 0.05) is 25.9 Å². The fourth-order valence-corrected chi connectivity index (χ4v) is 7.12. The van der Waals surface area contributed by atoms with E-state index in [1.807, 2.05) is 6.26 Å². The van der Waals surface area contributed by atoms with E-state index in [1.54, 1.807) is 24.3 Å². The summed E-state index contributed by atoms with van der Waals surface area (Å²) in [6.45, 7) is 0.755. The van der Waals surface area contributed by atoms with Gasteiger partial charge in [-0.2, -0.15) is 11.8 Å². The van der Waals surface area contributed by atoms with Gasteiger partial charge in [-0.25, -0.2) is 4.79 Å². The first-order valence-electron chi connectivity index (χ1n) is 19.9. The molecule has 1 fully saturated rings. The molecule has 1 heterocycles. The molecule has 20 heteroatoms. The molecule has 6 atom stereocenters. The summed E-state index contributed by atoms with van der Waals surface area (Å²) in [7, 11) is 0. The molecule has 1 saturated heterocycles. The predicted octanol–water partition coefficient (Wildman–Crippen LogP) is -0.839. The maximum atomic E-state index is 14.4. The Labute approximate surface area is 353 Å². The van der Waals surface area contributed by atoms with Crippen LogP contribution in [0.2, 0.25) is 0 Å². The van der Waals surface area contributed by atoms with Gasteiger partial charge in [0.05, 0.1) is 6.04 Å². The number of hydrogen-bond acceptors (Lipinski definition) is 12. The van der Waals surface area contributed by atoms with Gasteiger partial charge in [-0.05, 0) is 105 Å². The lowest BCUT2D eigenvalue weighted by Crippen LogP contribution is -2.60. The molecule has 0 unspecified atom stereocenters. The number of carboxylic acids is 1. The molecule has 2 aromatic rings. The van der Waals surface area contributed by atoms with Crippen LogP contribution in [0.3, 0.4) is 0 Å². The van der Waals surface area contributed by atoms with Gasteiger partial charge in [-0.1, -0.05) is 24.3 Å². The summed E-state index contributed by atoms with van der Waals surface area (Å²) in [6.07, 6.45) is 4.36. The van der Waals surface area contributed by atoms with Crippen molar-refractivity contribution in [3.63, 3.8) is 0 Å². The minimum atomic E-state index is -1.32. The van der Waals surface area contributed by atoms with Crippen LogP contribution in [-0.4, -0.2) is 130 Å². The fraction of sp³-hybridized carbons (Fsp3) is 0.525. The van der Waals surface area contributed by atoms with Crippen LogP contribution >= 0.6 is 11.8 Å². The number of hydrogen-bond donors (Lipinski definition) is 11. The number of aliphatic carboxylic acids is 1. The number of likely N-dealkylation sites (tertiary alicyclic amines) is 1. The number of carbonyl (C=O) groups is 6. The van der Waals surface area contributed by atoms with Crippen molar-refractivity contribution in [2.75, 3.05) is 31.6 Å². The monoisotopic (exact) mass is 856 g/mol. The number of amides is 5. The van der Waals surface area contributed by atoms with Crippen molar-refractivity contribution in [1.29, 1.82) is 0 Å². The number of aromatic hydroxyl groups is 2. The third-order valence-corrected chi connectivity index (χ3v) is 10.6. The molecule has 0 aliphatic carbocycles. The molecule has 330 valence electrons. The van der Waals surface area contributed by atoms with E-state index in [2.05, 4.69) is 26.3 Å². The van der Waals surface area contributed by atoms with E-state index in [9.17, 15) is 44.1 Å². The minimum absolute atomic E-state index is 0.0203. The van der Waals surface area contributed by atoms with E-state index in [0.717, 1.165) is 0 Å². The molecule has 1 aliphatic heterocycles. The number of nitrogens with zero attached hydrogens (tertiary/aromatic N) is 2. The molecule has 0 bridgehead atoms. The maximum absolute atomic E-state index is 14.4. The summed E-state index contributed by atoms with van der Waals surface area (Å²) < 4.78 is 0. The Balaban J connectivity index is 1.92. The smallest absolute Gasteiger partial charge is 0.326 e. The zero-order valence-electron chi connectivity index (χ0n) is 33.9.